The summed E-state index contributed by atoms with van der Waals surface area (Å²) >= 11 is 0. The van der Waals surface area contributed by atoms with Crippen LogP contribution in [-0.4, -0.2) is 31.0 Å². The van der Waals surface area contributed by atoms with Gasteiger partial charge in [-0.1, -0.05) is 19.6 Å². The molecule has 0 saturated heterocycles. The summed E-state index contributed by atoms with van der Waals surface area (Å²) in [7, 11) is -1.32. The van der Waals surface area contributed by atoms with Crippen LogP contribution in [0.1, 0.15) is 26.2 Å². The van der Waals surface area contributed by atoms with Crippen molar-refractivity contribution in [2.24, 2.45) is 5.92 Å². The molecule has 0 amide bonds. The van der Waals surface area contributed by atoms with Crippen LogP contribution >= 0.6 is 0 Å². The predicted octanol–water partition coefficient (Wildman–Crippen LogP) is 2.03. The van der Waals surface area contributed by atoms with E-state index in [-0.39, 0.29) is 18.6 Å². The maximum Gasteiger partial charge on any atom is 0.129 e. The van der Waals surface area contributed by atoms with Gasteiger partial charge in [-0.15, -0.1) is 11.5 Å². The van der Waals surface area contributed by atoms with Gasteiger partial charge in [0.25, 0.3) is 0 Å². The quantitative estimate of drug-likeness (QED) is 0.429. The zero-order valence-electron chi connectivity index (χ0n) is 10.4. The highest BCUT2D eigenvalue weighted by molar-refractivity contribution is 6.83. The summed E-state index contributed by atoms with van der Waals surface area (Å²) in [6.07, 6.45) is 2.03. The van der Waals surface area contributed by atoms with Crippen LogP contribution in [0.25, 0.3) is 0 Å². The van der Waals surface area contributed by atoms with Gasteiger partial charge in [-0.25, -0.2) is 0 Å². The van der Waals surface area contributed by atoms with Crippen LogP contribution in [0.4, 0.5) is 0 Å². The van der Waals surface area contributed by atoms with Crippen LogP contribution in [0, 0.1) is 17.4 Å². The SMILES string of the molecule is CC(C#C[Si](C)(C)C)C(O)CCCCO. The predicted molar refractivity (Wildman–Crippen MR) is 67.2 cm³/mol. The Kier molecular flexibility index (Phi) is 6.91. The van der Waals surface area contributed by atoms with E-state index in [1.54, 1.807) is 0 Å². The summed E-state index contributed by atoms with van der Waals surface area (Å²) in [4.78, 5) is 0. The lowest BCUT2D eigenvalue weighted by molar-refractivity contribution is 0.126. The largest absolute Gasteiger partial charge is 0.396 e. The van der Waals surface area contributed by atoms with Crippen molar-refractivity contribution in [2.45, 2.75) is 51.9 Å². The zero-order valence-corrected chi connectivity index (χ0v) is 11.4. The standard InChI is InChI=1S/C12H24O2Si/c1-11(8-10-15(2,3)4)12(14)7-5-6-9-13/h11-14H,5-7,9H2,1-4H3. The molecule has 2 N–H and O–H groups in total. The van der Waals surface area contributed by atoms with Crippen molar-refractivity contribution in [1.82, 2.24) is 0 Å². The normalized spacial score (nSPS) is 15.3. The van der Waals surface area contributed by atoms with E-state index >= 15 is 0 Å². The summed E-state index contributed by atoms with van der Waals surface area (Å²) in [6.45, 7) is 8.78. The first-order chi connectivity index (χ1) is 6.87. The van der Waals surface area contributed by atoms with Crippen LogP contribution in [0.3, 0.4) is 0 Å². The monoisotopic (exact) mass is 228 g/mol. The molecule has 0 rings (SSSR count). The molecule has 0 aromatic heterocycles. The Morgan fingerprint density at radius 3 is 2.27 bits per heavy atom. The van der Waals surface area contributed by atoms with Crippen molar-refractivity contribution in [2.75, 3.05) is 6.61 Å². The van der Waals surface area contributed by atoms with Crippen LogP contribution in [0.2, 0.25) is 19.6 Å². The molecule has 88 valence electrons. The maximum atomic E-state index is 9.77. The molecular weight excluding hydrogens is 204 g/mol. The molecule has 3 heteroatoms. The number of hydrogen-bond donors (Lipinski definition) is 2. The molecule has 0 aliphatic carbocycles. The lowest BCUT2D eigenvalue weighted by atomic mass is 10.0. The molecule has 0 aliphatic heterocycles. The van der Waals surface area contributed by atoms with Crippen LogP contribution in [0.5, 0.6) is 0 Å². The Bertz CT molecular complexity index is 222. The molecule has 0 spiro atoms. The second-order valence-corrected chi connectivity index (χ2v) is 9.84. The highest BCUT2D eigenvalue weighted by Gasteiger charge is 2.13. The molecule has 0 aliphatic rings. The van der Waals surface area contributed by atoms with Gasteiger partial charge in [0.2, 0.25) is 0 Å². The molecule has 2 nitrogen and oxygen atoms in total. The first-order valence-electron chi connectivity index (χ1n) is 5.68. The van der Waals surface area contributed by atoms with Gasteiger partial charge in [0.15, 0.2) is 0 Å². The van der Waals surface area contributed by atoms with Gasteiger partial charge in [-0.2, -0.15) is 0 Å². The average Bonchev–Trinajstić information content (AvgIpc) is 2.13. The van der Waals surface area contributed by atoms with E-state index in [0.717, 1.165) is 19.3 Å². The van der Waals surface area contributed by atoms with E-state index in [0.29, 0.717) is 0 Å². The molecule has 0 bridgehead atoms. The number of aliphatic hydroxyl groups is 2. The minimum absolute atomic E-state index is 0.0513. The van der Waals surface area contributed by atoms with E-state index < -0.39 is 8.07 Å². The Labute approximate surface area is 94.7 Å². The minimum atomic E-state index is -1.32. The molecule has 15 heavy (non-hydrogen) atoms. The van der Waals surface area contributed by atoms with E-state index in [1.165, 1.54) is 0 Å². The van der Waals surface area contributed by atoms with Gasteiger partial charge >= 0.3 is 0 Å². The first kappa shape index (κ1) is 14.7. The third-order valence-corrected chi connectivity index (χ3v) is 3.05. The highest BCUT2D eigenvalue weighted by Crippen LogP contribution is 2.10. The Morgan fingerprint density at radius 2 is 1.80 bits per heavy atom. The smallest absolute Gasteiger partial charge is 0.129 e. The van der Waals surface area contributed by atoms with Crippen molar-refractivity contribution in [1.29, 1.82) is 0 Å². The lowest BCUT2D eigenvalue weighted by Crippen LogP contribution is -2.20. The van der Waals surface area contributed by atoms with Crippen molar-refractivity contribution < 1.29 is 10.2 Å². The van der Waals surface area contributed by atoms with Crippen LogP contribution < -0.4 is 0 Å². The number of unbranched alkanes of at least 4 members (excludes halogenated alkanes) is 1. The summed E-state index contributed by atoms with van der Waals surface area (Å²) in [5.74, 6) is 3.20. The number of hydrogen-bond acceptors (Lipinski definition) is 2. The third-order valence-electron chi connectivity index (χ3n) is 2.16. The van der Waals surface area contributed by atoms with E-state index in [2.05, 4.69) is 31.1 Å². The molecule has 2 unspecified atom stereocenters. The van der Waals surface area contributed by atoms with Gasteiger partial charge in [0.1, 0.15) is 8.07 Å². The lowest BCUT2D eigenvalue weighted by Gasteiger charge is -2.14. The van der Waals surface area contributed by atoms with Crippen LogP contribution in [-0.2, 0) is 0 Å². The average molecular weight is 228 g/mol. The van der Waals surface area contributed by atoms with Crippen molar-refractivity contribution in [3.63, 3.8) is 0 Å². The fourth-order valence-electron chi connectivity index (χ4n) is 1.14. The summed E-state index contributed by atoms with van der Waals surface area (Å²) in [6, 6.07) is 0. The topological polar surface area (TPSA) is 40.5 Å². The van der Waals surface area contributed by atoms with Crippen LogP contribution in [0.15, 0.2) is 0 Å². The van der Waals surface area contributed by atoms with Crippen molar-refractivity contribution in [3.05, 3.63) is 0 Å². The van der Waals surface area contributed by atoms with Crippen molar-refractivity contribution in [3.8, 4) is 11.5 Å². The molecular formula is C12H24O2Si. The minimum Gasteiger partial charge on any atom is -0.396 e. The van der Waals surface area contributed by atoms with E-state index in [1.807, 2.05) is 6.92 Å². The number of rotatable bonds is 5. The Morgan fingerprint density at radius 1 is 1.20 bits per heavy atom. The van der Waals surface area contributed by atoms with Gasteiger partial charge in [-0.05, 0) is 26.2 Å². The van der Waals surface area contributed by atoms with Gasteiger partial charge in [0.05, 0.1) is 6.10 Å². The summed E-state index contributed by atoms with van der Waals surface area (Å²) in [5, 5.41) is 18.4. The summed E-state index contributed by atoms with van der Waals surface area (Å²) in [5.41, 5.74) is 3.27. The number of aliphatic hydroxyl groups excluding tert-OH is 2. The van der Waals surface area contributed by atoms with Gasteiger partial charge in [-0.3, -0.25) is 0 Å². The van der Waals surface area contributed by atoms with Crippen molar-refractivity contribution >= 4 is 8.07 Å². The maximum absolute atomic E-state index is 9.77. The molecule has 0 saturated carbocycles. The zero-order chi connectivity index (χ0) is 11.9. The molecule has 0 aromatic carbocycles. The van der Waals surface area contributed by atoms with Gasteiger partial charge in [0, 0.05) is 12.5 Å². The highest BCUT2D eigenvalue weighted by atomic mass is 28.3. The molecule has 2 atom stereocenters. The Hall–Kier alpha value is -0.303. The molecule has 0 radical (unpaired) electrons. The fraction of sp³-hybridized carbons (Fsp3) is 0.833. The second kappa shape index (κ2) is 7.05. The first-order valence-corrected chi connectivity index (χ1v) is 9.18. The van der Waals surface area contributed by atoms with E-state index in [4.69, 9.17) is 5.11 Å². The third kappa shape index (κ3) is 8.68. The molecule has 0 fully saturated rings. The fourth-order valence-corrected chi connectivity index (χ4v) is 1.80. The Balaban J connectivity index is 3.97. The summed E-state index contributed by atoms with van der Waals surface area (Å²) < 4.78 is 0. The van der Waals surface area contributed by atoms with Gasteiger partial charge < -0.3 is 10.2 Å². The molecule has 0 aromatic rings. The second-order valence-electron chi connectivity index (χ2n) is 5.09. The molecule has 0 heterocycles. The van der Waals surface area contributed by atoms with E-state index in [9.17, 15) is 5.11 Å².